The van der Waals surface area contributed by atoms with Crippen molar-refractivity contribution in [3.05, 3.63) is 5.01 Å². The van der Waals surface area contributed by atoms with E-state index in [-0.39, 0.29) is 23.2 Å². The molecule has 7 nitrogen and oxygen atoms in total. The van der Waals surface area contributed by atoms with Crippen LogP contribution in [0.1, 0.15) is 55.3 Å². The lowest BCUT2D eigenvalue weighted by atomic mass is 9.53. The van der Waals surface area contributed by atoms with Crippen LogP contribution in [0.15, 0.2) is 0 Å². The highest BCUT2D eigenvalue weighted by atomic mass is 32.1. The van der Waals surface area contributed by atoms with Crippen molar-refractivity contribution in [2.24, 2.45) is 17.8 Å². The van der Waals surface area contributed by atoms with Crippen LogP contribution in [0.25, 0.3) is 0 Å². The van der Waals surface area contributed by atoms with Crippen LogP contribution in [0, 0.1) is 17.8 Å². The molecule has 4 fully saturated rings. The van der Waals surface area contributed by atoms with E-state index in [0.717, 1.165) is 48.4 Å². The van der Waals surface area contributed by atoms with Gasteiger partial charge in [-0.25, -0.2) is 9.59 Å². The van der Waals surface area contributed by atoms with Gasteiger partial charge in [-0.1, -0.05) is 11.3 Å². The number of anilines is 1. The SMILES string of the molecule is CCOC(=O)c1nnc(NC(=O)NC23CC4CC(CC(C4)C2)C3)s1. The minimum Gasteiger partial charge on any atom is -0.461 e. The predicted molar refractivity (Wildman–Crippen MR) is 88.9 cm³/mol. The third-order valence-electron chi connectivity index (χ3n) is 5.51. The maximum absolute atomic E-state index is 12.4. The highest BCUT2D eigenvalue weighted by Gasteiger charge is 2.51. The Bertz CT molecular complexity index is 624. The first-order valence-electron chi connectivity index (χ1n) is 8.65. The Morgan fingerprint density at radius 3 is 2.38 bits per heavy atom. The molecule has 0 unspecified atom stereocenters. The molecular weight excluding hydrogens is 328 g/mol. The normalized spacial score (nSPS) is 33.3. The number of ether oxygens (including phenoxy) is 1. The molecule has 5 rings (SSSR count). The van der Waals surface area contributed by atoms with E-state index >= 15 is 0 Å². The van der Waals surface area contributed by atoms with Crippen LogP contribution >= 0.6 is 11.3 Å². The Balaban J connectivity index is 1.38. The molecule has 0 aromatic carbocycles. The molecule has 4 bridgehead atoms. The smallest absolute Gasteiger partial charge is 0.369 e. The van der Waals surface area contributed by atoms with Crippen molar-refractivity contribution < 1.29 is 14.3 Å². The molecule has 8 heteroatoms. The first-order valence-corrected chi connectivity index (χ1v) is 9.47. The average molecular weight is 350 g/mol. The van der Waals surface area contributed by atoms with Crippen LogP contribution in [-0.4, -0.2) is 34.3 Å². The van der Waals surface area contributed by atoms with E-state index in [1.54, 1.807) is 6.92 Å². The summed E-state index contributed by atoms with van der Waals surface area (Å²) in [6, 6.07) is -0.247. The number of hydrogen-bond donors (Lipinski definition) is 2. The van der Waals surface area contributed by atoms with Crippen LogP contribution in [0.2, 0.25) is 0 Å². The first kappa shape index (κ1) is 15.8. The standard InChI is InChI=1S/C16H22N4O3S/c1-2-23-13(21)12-19-20-15(24-12)17-14(22)18-16-6-9-3-10(7-16)5-11(4-9)8-16/h9-11H,2-8H2,1H3,(H2,17,18,20,22). The van der Waals surface area contributed by atoms with Gasteiger partial charge in [0.05, 0.1) is 6.61 Å². The van der Waals surface area contributed by atoms with Gasteiger partial charge in [-0.15, -0.1) is 10.2 Å². The zero-order valence-corrected chi connectivity index (χ0v) is 14.5. The predicted octanol–water partition coefficient (Wildman–Crippen LogP) is 2.81. The molecule has 4 saturated carbocycles. The Morgan fingerprint density at radius 1 is 1.17 bits per heavy atom. The molecule has 4 aliphatic rings. The summed E-state index contributed by atoms with van der Waals surface area (Å²) in [4.78, 5) is 24.0. The van der Waals surface area contributed by atoms with Crippen LogP contribution in [0.4, 0.5) is 9.93 Å². The number of nitrogens with one attached hydrogen (secondary N) is 2. The molecule has 2 N–H and O–H groups in total. The molecule has 130 valence electrons. The van der Waals surface area contributed by atoms with Crippen LogP contribution in [0.5, 0.6) is 0 Å². The van der Waals surface area contributed by atoms with Crippen molar-refractivity contribution in [3.8, 4) is 0 Å². The molecule has 0 radical (unpaired) electrons. The third kappa shape index (κ3) is 2.99. The molecule has 1 heterocycles. The van der Waals surface area contributed by atoms with Gasteiger partial charge in [0.1, 0.15) is 0 Å². The Labute approximate surface area is 144 Å². The molecule has 2 amide bonds. The second kappa shape index (κ2) is 5.98. The lowest BCUT2D eigenvalue weighted by Gasteiger charge is -2.56. The van der Waals surface area contributed by atoms with Gasteiger partial charge in [0.25, 0.3) is 0 Å². The lowest BCUT2D eigenvalue weighted by molar-refractivity contribution is -0.0127. The second-order valence-electron chi connectivity index (χ2n) is 7.41. The van der Waals surface area contributed by atoms with Gasteiger partial charge < -0.3 is 10.1 Å². The van der Waals surface area contributed by atoms with Crippen molar-refractivity contribution in [1.82, 2.24) is 15.5 Å². The van der Waals surface area contributed by atoms with E-state index in [1.165, 1.54) is 19.3 Å². The molecule has 0 atom stereocenters. The largest absolute Gasteiger partial charge is 0.461 e. The molecule has 1 aromatic rings. The minimum absolute atomic E-state index is 0.0481. The van der Waals surface area contributed by atoms with Gasteiger partial charge in [-0.05, 0) is 63.2 Å². The quantitative estimate of drug-likeness (QED) is 0.815. The molecule has 24 heavy (non-hydrogen) atoms. The summed E-state index contributed by atoms with van der Waals surface area (Å²) in [7, 11) is 0. The van der Waals surface area contributed by atoms with Crippen LogP contribution < -0.4 is 10.6 Å². The zero-order chi connectivity index (χ0) is 16.7. The van der Waals surface area contributed by atoms with E-state index < -0.39 is 5.97 Å². The van der Waals surface area contributed by atoms with E-state index in [4.69, 9.17) is 4.74 Å². The first-order chi connectivity index (χ1) is 11.5. The van der Waals surface area contributed by atoms with Crippen molar-refractivity contribution in [1.29, 1.82) is 0 Å². The third-order valence-corrected chi connectivity index (χ3v) is 6.33. The fourth-order valence-corrected chi connectivity index (χ4v) is 5.81. The number of nitrogens with zero attached hydrogens (tertiary/aromatic N) is 2. The Morgan fingerprint density at radius 2 is 1.79 bits per heavy atom. The second-order valence-corrected chi connectivity index (χ2v) is 8.39. The molecule has 4 aliphatic carbocycles. The fraction of sp³-hybridized carbons (Fsp3) is 0.750. The van der Waals surface area contributed by atoms with E-state index in [1.807, 2.05) is 0 Å². The molecule has 1 aromatic heterocycles. The maximum atomic E-state index is 12.4. The summed E-state index contributed by atoms with van der Waals surface area (Å²) in [5, 5.41) is 14.0. The van der Waals surface area contributed by atoms with Gasteiger partial charge >= 0.3 is 12.0 Å². The van der Waals surface area contributed by atoms with Gasteiger partial charge in [-0.2, -0.15) is 0 Å². The average Bonchev–Trinajstić information content (AvgIpc) is 2.93. The van der Waals surface area contributed by atoms with Crippen molar-refractivity contribution in [2.45, 2.75) is 51.0 Å². The Hall–Kier alpha value is -1.70. The van der Waals surface area contributed by atoms with Crippen molar-refractivity contribution >= 4 is 28.5 Å². The van der Waals surface area contributed by atoms with Crippen molar-refractivity contribution in [2.75, 3.05) is 11.9 Å². The van der Waals surface area contributed by atoms with Gasteiger partial charge in [0, 0.05) is 5.54 Å². The summed E-state index contributed by atoms with van der Waals surface area (Å²) < 4.78 is 4.88. The van der Waals surface area contributed by atoms with Gasteiger partial charge in [0.15, 0.2) is 0 Å². The highest BCUT2D eigenvalue weighted by Crippen LogP contribution is 2.55. The molecule has 0 aliphatic heterocycles. The summed E-state index contributed by atoms with van der Waals surface area (Å²) in [6.45, 7) is 2.02. The molecular formula is C16H22N4O3S. The van der Waals surface area contributed by atoms with Crippen molar-refractivity contribution in [3.63, 3.8) is 0 Å². The van der Waals surface area contributed by atoms with Gasteiger partial charge in [-0.3, -0.25) is 5.32 Å². The summed E-state index contributed by atoms with van der Waals surface area (Å²) in [5.41, 5.74) is -0.0481. The fourth-order valence-electron chi connectivity index (χ4n) is 5.18. The van der Waals surface area contributed by atoms with Gasteiger partial charge in [0.2, 0.25) is 10.1 Å². The summed E-state index contributed by atoms with van der Waals surface area (Å²) >= 11 is 1.03. The maximum Gasteiger partial charge on any atom is 0.369 e. The Kier molecular flexibility index (Phi) is 3.94. The van der Waals surface area contributed by atoms with E-state index in [9.17, 15) is 9.59 Å². The topological polar surface area (TPSA) is 93.2 Å². The number of carbonyl (C=O) groups is 2. The number of esters is 1. The highest BCUT2D eigenvalue weighted by molar-refractivity contribution is 7.17. The van der Waals surface area contributed by atoms with Crippen LogP contribution in [-0.2, 0) is 4.74 Å². The molecule has 0 spiro atoms. The number of amides is 2. The number of aromatic nitrogens is 2. The van der Waals surface area contributed by atoms with E-state index in [0.29, 0.717) is 5.13 Å². The monoisotopic (exact) mass is 350 g/mol. The lowest BCUT2D eigenvalue weighted by Crippen LogP contribution is -2.60. The number of hydrogen-bond acceptors (Lipinski definition) is 6. The number of urea groups is 1. The summed E-state index contributed by atoms with van der Waals surface area (Å²) in [5.74, 6) is 1.81. The van der Waals surface area contributed by atoms with Crippen LogP contribution in [0.3, 0.4) is 0 Å². The summed E-state index contributed by atoms with van der Waals surface area (Å²) in [6.07, 6.45) is 7.29. The minimum atomic E-state index is -0.510. The zero-order valence-electron chi connectivity index (χ0n) is 13.7. The number of rotatable bonds is 4. The van der Waals surface area contributed by atoms with E-state index in [2.05, 4.69) is 20.8 Å². The molecule has 0 saturated heterocycles. The number of carbonyl (C=O) groups excluding carboxylic acids is 2.